The van der Waals surface area contributed by atoms with Gasteiger partial charge in [0.25, 0.3) is 0 Å². The molecule has 1 rings (SSSR count). The van der Waals surface area contributed by atoms with E-state index in [1.54, 1.807) is 31.8 Å². The molecule has 0 spiro atoms. The predicted octanol–water partition coefficient (Wildman–Crippen LogP) is 0.410. The molecule has 0 saturated heterocycles. The normalized spacial score (nSPS) is 14.2. The van der Waals surface area contributed by atoms with Crippen molar-refractivity contribution < 1.29 is 8.42 Å². The summed E-state index contributed by atoms with van der Waals surface area (Å²) in [5, 5.41) is 3.63. The number of sulfone groups is 1. The van der Waals surface area contributed by atoms with Crippen molar-refractivity contribution in [3.63, 3.8) is 0 Å². The van der Waals surface area contributed by atoms with Crippen LogP contribution in [0.3, 0.4) is 0 Å². The van der Waals surface area contributed by atoms with Gasteiger partial charge in [0, 0.05) is 5.75 Å². The van der Waals surface area contributed by atoms with Crippen molar-refractivity contribution in [2.75, 3.05) is 5.75 Å². The number of hydrogen-bond acceptors (Lipinski definition) is 4. The van der Waals surface area contributed by atoms with Crippen molar-refractivity contribution in [1.29, 1.82) is 0 Å². The van der Waals surface area contributed by atoms with E-state index >= 15 is 0 Å². The summed E-state index contributed by atoms with van der Waals surface area (Å²) >= 11 is 0. The first-order chi connectivity index (χ1) is 6.45. The molecule has 0 saturated carbocycles. The Kier molecular flexibility index (Phi) is 3.25. The van der Waals surface area contributed by atoms with Gasteiger partial charge in [0.2, 0.25) is 0 Å². The number of aromatic nitrogens is 3. The summed E-state index contributed by atoms with van der Waals surface area (Å²) in [6.07, 6.45) is 1.55. The average Bonchev–Trinajstić information content (AvgIpc) is 2.51. The summed E-state index contributed by atoms with van der Waals surface area (Å²) in [7, 11) is -2.98. The zero-order chi connectivity index (χ0) is 10.8. The summed E-state index contributed by atoms with van der Waals surface area (Å²) in [5.41, 5.74) is 0. The summed E-state index contributed by atoms with van der Waals surface area (Å²) in [6.45, 7) is 5.49. The fourth-order valence-electron chi connectivity index (χ4n) is 1.14. The molecule has 1 aromatic heterocycles. The zero-order valence-electron chi connectivity index (χ0n) is 8.64. The molecular weight excluding hydrogens is 202 g/mol. The molecule has 1 unspecified atom stereocenters. The van der Waals surface area contributed by atoms with Crippen LogP contribution in [0.2, 0.25) is 0 Å². The highest BCUT2D eigenvalue weighted by atomic mass is 32.2. The van der Waals surface area contributed by atoms with Crippen molar-refractivity contribution in [3.8, 4) is 0 Å². The van der Waals surface area contributed by atoms with Crippen LogP contribution in [0.25, 0.3) is 0 Å². The highest BCUT2D eigenvalue weighted by Gasteiger charge is 2.19. The lowest BCUT2D eigenvalue weighted by molar-refractivity contribution is 0.547. The maximum atomic E-state index is 11.4. The molecule has 0 N–H and O–H groups in total. The first-order valence-electron chi connectivity index (χ1n) is 4.53. The van der Waals surface area contributed by atoms with Gasteiger partial charge in [0.05, 0.1) is 11.8 Å². The van der Waals surface area contributed by atoms with E-state index in [0.717, 1.165) is 0 Å². The highest BCUT2D eigenvalue weighted by molar-refractivity contribution is 7.91. The van der Waals surface area contributed by atoms with Gasteiger partial charge in [0.15, 0.2) is 9.84 Å². The first kappa shape index (κ1) is 11.2. The number of nitrogens with zero attached hydrogens (tertiary/aromatic N) is 3. The number of hydrogen-bond donors (Lipinski definition) is 0. The van der Waals surface area contributed by atoms with Crippen molar-refractivity contribution in [3.05, 3.63) is 12.2 Å². The Morgan fingerprint density at radius 2 is 2.21 bits per heavy atom. The van der Waals surface area contributed by atoms with Crippen LogP contribution < -0.4 is 0 Å². The van der Waals surface area contributed by atoms with Crippen LogP contribution in [0.15, 0.2) is 6.33 Å². The van der Waals surface area contributed by atoms with E-state index in [9.17, 15) is 8.42 Å². The standard InChI is InChI=1S/C8H15N3O2S/c1-4-14(12,13)7(2)5-11-6-9-8(3)10-11/h6-7H,4-5H2,1-3H3. The minimum absolute atomic E-state index is 0.168. The van der Waals surface area contributed by atoms with E-state index in [2.05, 4.69) is 10.1 Å². The summed E-state index contributed by atoms with van der Waals surface area (Å²) in [6, 6.07) is 0. The van der Waals surface area contributed by atoms with Gasteiger partial charge in [-0.25, -0.2) is 13.4 Å². The molecule has 5 nitrogen and oxygen atoms in total. The van der Waals surface area contributed by atoms with Crippen molar-refractivity contribution in [2.45, 2.75) is 32.6 Å². The van der Waals surface area contributed by atoms with Crippen LogP contribution in [-0.4, -0.2) is 34.2 Å². The average molecular weight is 217 g/mol. The second-order valence-corrected chi connectivity index (χ2v) is 5.98. The molecule has 0 aliphatic heterocycles. The first-order valence-corrected chi connectivity index (χ1v) is 6.25. The molecule has 1 atom stereocenters. The van der Waals surface area contributed by atoms with Gasteiger partial charge in [-0.3, -0.25) is 4.68 Å². The zero-order valence-corrected chi connectivity index (χ0v) is 9.45. The van der Waals surface area contributed by atoms with Crippen molar-refractivity contribution >= 4 is 9.84 Å². The quantitative estimate of drug-likeness (QED) is 0.732. The van der Waals surface area contributed by atoms with Crippen LogP contribution in [0, 0.1) is 6.92 Å². The molecule has 1 heterocycles. The van der Waals surface area contributed by atoms with Crippen LogP contribution in [0.5, 0.6) is 0 Å². The van der Waals surface area contributed by atoms with E-state index in [-0.39, 0.29) is 5.75 Å². The fourth-order valence-corrected chi connectivity index (χ4v) is 2.09. The molecule has 0 amide bonds. The SMILES string of the molecule is CCS(=O)(=O)C(C)Cn1cnc(C)n1. The minimum Gasteiger partial charge on any atom is -0.251 e. The highest BCUT2D eigenvalue weighted by Crippen LogP contribution is 2.04. The Morgan fingerprint density at radius 1 is 1.57 bits per heavy atom. The molecule has 14 heavy (non-hydrogen) atoms. The molecular formula is C8H15N3O2S. The topological polar surface area (TPSA) is 64.8 Å². The third kappa shape index (κ3) is 2.54. The molecule has 1 aromatic rings. The lowest BCUT2D eigenvalue weighted by atomic mass is 10.5. The summed E-state index contributed by atoms with van der Waals surface area (Å²) < 4.78 is 24.5. The molecule has 80 valence electrons. The lowest BCUT2D eigenvalue weighted by Gasteiger charge is -2.10. The van der Waals surface area contributed by atoms with Crippen LogP contribution in [-0.2, 0) is 16.4 Å². The summed E-state index contributed by atoms with van der Waals surface area (Å²) in [4.78, 5) is 3.93. The third-order valence-electron chi connectivity index (χ3n) is 2.11. The smallest absolute Gasteiger partial charge is 0.154 e. The van der Waals surface area contributed by atoms with Gasteiger partial charge in [0.1, 0.15) is 12.2 Å². The monoisotopic (exact) mass is 217 g/mol. The third-order valence-corrected chi connectivity index (χ3v) is 4.29. The largest absolute Gasteiger partial charge is 0.251 e. The van der Waals surface area contributed by atoms with E-state index in [1.807, 2.05) is 0 Å². The van der Waals surface area contributed by atoms with E-state index in [1.165, 1.54) is 0 Å². The van der Waals surface area contributed by atoms with Gasteiger partial charge in [-0.1, -0.05) is 6.92 Å². The molecule has 0 bridgehead atoms. The van der Waals surface area contributed by atoms with E-state index < -0.39 is 15.1 Å². The molecule has 0 radical (unpaired) electrons. The Bertz CT molecular complexity index is 396. The lowest BCUT2D eigenvalue weighted by Crippen LogP contribution is -2.25. The van der Waals surface area contributed by atoms with Gasteiger partial charge in [-0.2, -0.15) is 5.10 Å². The van der Waals surface area contributed by atoms with Gasteiger partial charge in [-0.05, 0) is 13.8 Å². The molecule has 0 aliphatic rings. The predicted molar refractivity (Wildman–Crippen MR) is 53.7 cm³/mol. The Hall–Kier alpha value is -0.910. The van der Waals surface area contributed by atoms with Crippen molar-refractivity contribution in [1.82, 2.24) is 14.8 Å². The Morgan fingerprint density at radius 3 is 2.64 bits per heavy atom. The van der Waals surface area contributed by atoms with Crippen LogP contribution in [0.4, 0.5) is 0 Å². The van der Waals surface area contributed by atoms with Crippen LogP contribution in [0.1, 0.15) is 19.7 Å². The van der Waals surface area contributed by atoms with E-state index in [0.29, 0.717) is 12.4 Å². The second kappa shape index (κ2) is 4.08. The van der Waals surface area contributed by atoms with Gasteiger partial charge in [-0.15, -0.1) is 0 Å². The molecule has 6 heteroatoms. The van der Waals surface area contributed by atoms with Gasteiger partial charge < -0.3 is 0 Å². The van der Waals surface area contributed by atoms with Crippen molar-refractivity contribution in [2.24, 2.45) is 0 Å². The Balaban J connectivity index is 2.71. The van der Waals surface area contributed by atoms with Gasteiger partial charge >= 0.3 is 0 Å². The molecule has 0 fully saturated rings. The molecule has 0 aromatic carbocycles. The maximum Gasteiger partial charge on any atom is 0.154 e. The van der Waals surface area contributed by atoms with Crippen LogP contribution >= 0.6 is 0 Å². The Labute approximate surface area is 84.1 Å². The fraction of sp³-hybridized carbons (Fsp3) is 0.750. The minimum atomic E-state index is -2.98. The molecule has 0 aliphatic carbocycles. The number of rotatable bonds is 4. The second-order valence-electron chi connectivity index (χ2n) is 3.28. The summed E-state index contributed by atoms with van der Waals surface area (Å²) in [5.74, 6) is 0.827. The van der Waals surface area contributed by atoms with E-state index in [4.69, 9.17) is 0 Å². The number of aryl methyl sites for hydroxylation is 1. The maximum absolute atomic E-state index is 11.4.